The summed E-state index contributed by atoms with van der Waals surface area (Å²) in [5.41, 5.74) is 5.62. The SMILES string of the molecule is CC(N)CN1CCC(F)CC1. The van der Waals surface area contributed by atoms with Crippen molar-refractivity contribution in [1.82, 2.24) is 4.90 Å². The normalized spacial score (nSPS) is 25.4. The lowest BCUT2D eigenvalue weighted by atomic mass is 10.1. The molecule has 1 heterocycles. The van der Waals surface area contributed by atoms with Crippen LogP contribution in [0.4, 0.5) is 4.39 Å². The van der Waals surface area contributed by atoms with Crippen molar-refractivity contribution in [2.45, 2.75) is 32.0 Å². The molecule has 0 aromatic heterocycles. The van der Waals surface area contributed by atoms with Crippen LogP contribution in [0.2, 0.25) is 0 Å². The first kappa shape index (κ1) is 8.94. The van der Waals surface area contributed by atoms with Crippen molar-refractivity contribution in [3.63, 3.8) is 0 Å². The van der Waals surface area contributed by atoms with Crippen molar-refractivity contribution in [2.24, 2.45) is 5.73 Å². The largest absolute Gasteiger partial charge is 0.327 e. The third kappa shape index (κ3) is 3.16. The van der Waals surface area contributed by atoms with Gasteiger partial charge in [-0.25, -0.2) is 4.39 Å². The van der Waals surface area contributed by atoms with E-state index in [-0.39, 0.29) is 6.04 Å². The number of nitrogens with two attached hydrogens (primary N) is 1. The Labute approximate surface area is 67.6 Å². The maximum absolute atomic E-state index is 12.6. The molecule has 1 aliphatic rings. The maximum Gasteiger partial charge on any atom is 0.103 e. The summed E-state index contributed by atoms with van der Waals surface area (Å²) in [6, 6.07) is 0.214. The van der Waals surface area contributed by atoms with Gasteiger partial charge in [0.05, 0.1) is 0 Å². The highest BCUT2D eigenvalue weighted by Crippen LogP contribution is 2.12. The number of piperidine rings is 1. The molecule has 1 aliphatic heterocycles. The monoisotopic (exact) mass is 160 g/mol. The summed E-state index contributed by atoms with van der Waals surface area (Å²) in [5.74, 6) is 0. The van der Waals surface area contributed by atoms with Gasteiger partial charge < -0.3 is 10.6 Å². The average Bonchev–Trinajstić information content (AvgIpc) is 1.93. The molecule has 66 valence electrons. The van der Waals surface area contributed by atoms with Gasteiger partial charge in [-0.05, 0) is 19.8 Å². The van der Waals surface area contributed by atoms with Crippen molar-refractivity contribution in [3.05, 3.63) is 0 Å². The number of likely N-dealkylation sites (tertiary alicyclic amines) is 1. The van der Waals surface area contributed by atoms with Crippen LogP contribution in [0, 0.1) is 0 Å². The second-order valence-electron chi connectivity index (χ2n) is 3.45. The predicted octanol–water partition coefficient (Wildman–Crippen LogP) is 0.767. The molecule has 2 N–H and O–H groups in total. The summed E-state index contributed by atoms with van der Waals surface area (Å²) in [4.78, 5) is 2.24. The third-order valence-electron chi connectivity index (χ3n) is 2.06. The van der Waals surface area contributed by atoms with Crippen molar-refractivity contribution in [3.8, 4) is 0 Å². The number of alkyl halides is 1. The van der Waals surface area contributed by atoms with Gasteiger partial charge in [0, 0.05) is 25.7 Å². The molecule has 0 bridgehead atoms. The minimum Gasteiger partial charge on any atom is -0.327 e. The zero-order valence-electron chi connectivity index (χ0n) is 7.09. The van der Waals surface area contributed by atoms with Crippen molar-refractivity contribution >= 4 is 0 Å². The molecular formula is C8H17FN2. The number of rotatable bonds is 2. The number of nitrogens with zero attached hydrogens (tertiary/aromatic N) is 1. The first-order chi connectivity index (χ1) is 5.18. The van der Waals surface area contributed by atoms with Gasteiger partial charge in [0.2, 0.25) is 0 Å². The topological polar surface area (TPSA) is 29.3 Å². The molecule has 0 aromatic carbocycles. The van der Waals surface area contributed by atoms with E-state index in [9.17, 15) is 4.39 Å². The van der Waals surface area contributed by atoms with Gasteiger partial charge in [-0.3, -0.25) is 0 Å². The van der Waals surface area contributed by atoms with Crippen LogP contribution < -0.4 is 5.73 Å². The van der Waals surface area contributed by atoms with Gasteiger partial charge in [-0.1, -0.05) is 0 Å². The van der Waals surface area contributed by atoms with E-state index in [4.69, 9.17) is 5.73 Å². The Kier molecular flexibility index (Phi) is 3.27. The third-order valence-corrected chi connectivity index (χ3v) is 2.06. The molecule has 0 spiro atoms. The van der Waals surface area contributed by atoms with E-state index in [0.717, 1.165) is 19.6 Å². The van der Waals surface area contributed by atoms with Crippen LogP contribution in [-0.2, 0) is 0 Å². The van der Waals surface area contributed by atoms with Gasteiger partial charge in [0.1, 0.15) is 6.17 Å². The Bertz CT molecular complexity index is 109. The van der Waals surface area contributed by atoms with Crippen molar-refractivity contribution < 1.29 is 4.39 Å². The second kappa shape index (κ2) is 4.02. The molecule has 1 rings (SSSR count). The van der Waals surface area contributed by atoms with Gasteiger partial charge in [-0.2, -0.15) is 0 Å². The number of hydrogen-bond donors (Lipinski definition) is 1. The zero-order chi connectivity index (χ0) is 8.27. The van der Waals surface area contributed by atoms with Crippen molar-refractivity contribution in [2.75, 3.05) is 19.6 Å². The Morgan fingerprint density at radius 1 is 1.55 bits per heavy atom. The number of hydrogen-bond acceptors (Lipinski definition) is 2. The Balaban J connectivity index is 2.17. The fourth-order valence-electron chi connectivity index (χ4n) is 1.49. The predicted molar refractivity (Wildman–Crippen MR) is 44.2 cm³/mol. The van der Waals surface area contributed by atoms with Crippen LogP contribution >= 0.6 is 0 Å². The molecule has 1 saturated heterocycles. The van der Waals surface area contributed by atoms with Crippen LogP contribution in [0.15, 0.2) is 0 Å². The summed E-state index contributed by atoms with van der Waals surface area (Å²) in [6.45, 7) is 4.65. The van der Waals surface area contributed by atoms with Crippen LogP contribution in [0.3, 0.4) is 0 Å². The summed E-state index contributed by atoms with van der Waals surface area (Å²) < 4.78 is 12.6. The fourth-order valence-corrected chi connectivity index (χ4v) is 1.49. The second-order valence-corrected chi connectivity index (χ2v) is 3.45. The molecule has 3 heteroatoms. The van der Waals surface area contributed by atoms with Gasteiger partial charge >= 0.3 is 0 Å². The van der Waals surface area contributed by atoms with E-state index in [1.807, 2.05) is 6.92 Å². The van der Waals surface area contributed by atoms with Gasteiger partial charge in [-0.15, -0.1) is 0 Å². The Morgan fingerprint density at radius 2 is 2.09 bits per heavy atom. The van der Waals surface area contributed by atoms with E-state index < -0.39 is 6.17 Å². The highest BCUT2D eigenvalue weighted by molar-refractivity contribution is 4.73. The highest BCUT2D eigenvalue weighted by Gasteiger charge is 2.18. The van der Waals surface area contributed by atoms with Crippen LogP contribution in [0.1, 0.15) is 19.8 Å². The molecule has 1 unspecified atom stereocenters. The summed E-state index contributed by atoms with van der Waals surface area (Å²) in [6.07, 6.45) is 0.804. The minimum absolute atomic E-state index is 0.214. The van der Waals surface area contributed by atoms with Gasteiger partial charge in [0.15, 0.2) is 0 Å². The van der Waals surface area contributed by atoms with Gasteiger partial charge in [0.25, 0.3) is 0 Å². The molecule has 0 aliphatic carbocycles. The summed E-state index contributed by atoms with van der Waals surface area (Å²) in [5, 5.41) is 0. The first-order valence-electron chi connectivity index (χ1n) is 4.30. The Hall–Kier alpha value is -0.150. The quantitative estimate of drug-likeness (QED) is 0.646. The fraction of sp³-hybridized carbons (Fsp3) is 1.00. The lowest BCUT2D eigenvalue weighted by Crippen LogP contribution is -2.41. The summed E-state index contributed by atoms with van der Waals surface area (Å²) >= 11 is 0. The van der Waals surface area contributed by atoms with Crippen LogP contribution in [0.25, 0.3) is 0 Å². The molecule has 2 nitrogen and oxygen atoms in total. The van der Waals surface area contributed by atoms with E-state index in [1.165, 1.54) is 0 Å². The first-order valence-corrected chi connectivity index (χ1v) is 4.30. The van der Waals surface area contributed by atoms with E-state index in [2.05, 4.69) is 4.90 Å². The molecule has 1 atom stereocenters. The zero-order valence-corrected chi connectivity index (χ0v) is 7.09. The molecule has 0 radical (unpaired) electrons. The molecule has 0 saturated carbocycles. The minimum atomic E-state index is -0.570. The highest BCUT2D eigenvalue weighted by atomic mass is 19.1. The van der Waals surface area contributed by atoms with E-state index in [1.54, 1.807) is 0 Å². The van der Waals surface area contributed by atoms with E-state index >= 15 is 0 Å². The molecular weight excluding hydrogens is 143 g/mol. The summed E-state index contributed by atoms with van der Waals surface area (Å²) in [7, 11) is 0. The molecule has 0 aromatic rings. The Morgan fingerprint density at radius 3 is 2.55 bits per heavy atom. The van der Waals surface area contributed by atoms with Crippen LogP contribution in [0.5, 0.6) is 0 Å². The smallest absolute Gasteiger partial charge is 0.103 e. The molecule has 11 heavy (non-hydrogen) atoms. The molecule has 0 amide bonds. The lowest BCUT2D eigenvalue weighted by molar-refractivity contribution is 0.146. The standard InChI is InChI=1S/C8H17FN2/c1-7(10)6-11-4-2-8(9)3-5-11/h7-8H,2-6,10H2,1H3. The lowest BCUT2D eigenvalue weighted by Gasteiger charge is -2.29. The average molecular weight is 160 g/mol. The van der Waals surface area contributed by atoms with E-state index in [0.29, 0.717) is 12.8 Å². The molecule has 1 fully saturated rings. The maximum atomic E-state index is 12.6. The number of halogens is 1. The van der Waals surface area contributed by atoms with Crippen LogP contribution in [-0.4, -0.2) is 36.7 Å². The van der Waals surface area contributed by atoms with Crippen molar-refractivity contribution in [1.29, 1.82) is 0 Å².